The quantitative estimate of drug-likeness (QED) is 0.492. The van der Waals surface area contributed by atoms with E-state index in [1.807, 2.05) is 6.92 Å². The molecule has 0 aromatic heterocycles. The second-order valence-corrected chi connectivity index (χ2v) is 2.42. The van der Waals surface area contributed by atoms with Crippen molar-refractivity contribution in [2.45, 2.75) is 26.2 Å². The monoisotopic (exact) mass is 159 g/mol. The summed E-state index contributed by atoms with van der Waals surface area (Å²) >= 11 is 0. The lowest BCUT2D eigenvalue weighted by Gasteiger charge is -1.86. The SMILES string of the molecule is C1CCNC1.CCCOC=O. The lowest BCUT2D eigenvalue weighted by molar-refractivity contribution is -0.128. The van der Waals surface area contributed by atoms with Crippen LogP contribution in [0.5, 0.6) is 0 Å². The summed E-state index contributed by atoms with van der Waals surface area (Å²) in [6.07, 6.45) is 3.68. The van der Waals surface area contributed by atoms with Crippen molar-refractivity contribution < 1.29 is 9.53 Å². The van der Waals surface area contributed by atoms with Gasteiger partial charge in [-0.25, -0.2) is 0 Å². The van der Waals surface area contributed by atoms with Crippen LogP contribution in [0.1, 0.15) is 26.2 Å². The highest BCUT2D eigenvalue weighted by Crippen LogP contribution is 1.90. The van der Waals surface area contributed by atoms with Gasteiger partial charge in [0.05, 0.1) is 6.61 Å². The average molecular weight is 159 g/mol. The predicted molar refractivity (Wildman–Crippen MR) is 44.4 cm³/mol. The van der Waals surface area contributed by atoms with E-state index in [0.29, 0.717) is 13.1 Å². The van der Waals surface area contributed by atoms with E-state index in [1.165, 1.54) is 25.9 Å². The zero-order valence-corrected chi connectivity index (χ0v) is 7.14. The van der Waals surface area contributed by atoms with E-state index < -0.39 is 0 Å². The van der Waals surface area contributed by atoms with Crippen molar-refractivity contribution in [1.82, 2.24) is 5.32 Å². The Bertz CT molecular complexity index is 74.6. The van der Waals surface area contributed by atoms with Gasteiger partial charge >= 0.3 is 0 Å². The predicted octanol–water partition coefficient (Wildman–Crippen LogP) is 0.939. The smallest absolute Gasteiger partial charge is 0.293 e. The minimum absolute atomic E-state index is 0.462. The first-order valence-corrected chi connectivity index (χ1v) is 4.17. The molecule has 0 radical (unpaired) electrons. The number of ether oxygens (including phenoxy) is 1. The Kier molecular flexibility index (Phi) is 8.94. The van der Waals surface area contributed by atoms with E-state index in [1.54, 1.807) is 0 Å². The van der Waals surface area contributed by atoms with E-state index in [9.17, 15) is 4.79 Å². The Hall–Kier alpha value is -0.570. The molecule has 1 rings (SSSR count). The second kappa shape index (κ2) is 9.43. The topological polar surface area (TPSA) is 38.3 Å². The molecular weight excluding hydrogens is 142 g/mol. The Morgan fingerprint density at radius 3 is 2.27 bits per heavy atom. The summed E-state index contributed by atoms with van der Waals surface area (Å²) in [5, 5.41) is 3.22. The van der Waals surface area contributed by atoms with Gasteiger partial charge < -0.3 is 10.1 Å². The Morgan fingerprint density at radius 1 is 1.45 bits per heavy atom. The second-order valence-electron chi connectivity index (χ2n) is 2.42. The molecule has 0 aliphatic carbocycles. The summed E-state index contributed by atoms with van der Waals surface area (Å²) in [6, 6.07) is 0. The maximum absolute atomic E-state index is 9.34. The van der Waals surface area contributed by atoms with Crippen molar-refractivity contribution in [1.29, 1.82) is 0 Å². The van der Waals surface area contributed by atoms with Gasteiger partial charge in [-0.1, -0.05) is 6.92 Å². The molecule has 0 unspecified atom stereocenters. The van der Waals surface area contributed by atoms with Crippen LogP contribution in [0, 0.1) is 0 Å². The van der Waals surface area contributed by atoms with Crippen LogP contribution in [0.3, 0.4) is 0 Å². The first kappa shape index (κ1) is 10.4. The molecule has 0 aromatic carbocycles. The van der Waals surface area contributed by atoms with Crippen molar-refractivity contribution in [3.8, 4) is 0 Å². The van der Waals surface area contributed by atoms with Gasteiger partial charge in [-0.05, 0) is 32.4 Å². The van der Waals surface area contributed by atoms with Crippen molar-refractivity contribution in [2.24, 2.45) is 0 Å². The van der Waals surface area contributed by atoms with Crippen LogP contribution in [0.2, 0.25) is 0 Å². The van der Waals surface area contributed by atoms with E-state index in [0.717, 1.165) is 6.42 Å². The van der Waals surface area contributed by atoms with Gasteiger partial charge in [0.2, 0.25) is 0 Å². The number of hydrogen-bond donors (Lipinski definition) is 1. The van der Waals surface area contributed by atoms with E-state index in [-0.39, 0.29) is 0 Å². The highest BCUT2D eigenvalue weighted by atomic mass is 16.5. The van der Waals surface area contributed by atoms with Crippen molar-refractivity contribution >= 4 is 6.47 Å². The summed E-state index contributed by atoms with van der Waals surface area (Å²) in [4.78, 5) is 9.34. The van der Waals surface area contributed by atoms with Crippen LogP contribution in [0.25, 0.3) is 0 Å². The Labute approximate surface area is 68.1 Å². The molecular formula is C8H17NO2. The fourth-order valence-corrected chi connectivity index (χ4v) is 0.791. The van der Waals surface area contributed by atoms with Gasteiger partial charge in [0.25, 0.3) is 6.47 Å². The van der Waals surface area contributed by atoms with Crippen LogP contribution in [-0.2, 0) is 9.53 Å². The minimum atomic E-state index is 0.462. The summed E-state index contributed by atoms with van der Waals surface area (Å²) in [5.74, 6) is 0. The third-order valence-electron chi connectivity index (χ3n) is 1.35. The molecule has 0 saturated carbocycles. The fourth-order valence-electron chi connectivity index (χ4n) is 0.791. The standard InChI is InChI=1S/C4H9N.C4H8O2/c1-2-4-5-3-1;1-2-3-6-4-5/h5H,1-4H2;4H,2-3H2,1H3. The molecule has 0 atom stereocenters. The molecule has 1 saturated heterocycles. The molecule has 1 N–H and O–H groups in total. The molecule has 1 fully saturated rings. The number of rotatable bonds is 3. The zero-order chi connectivity index (χ0) is 8.36. The Balaban J connectivity index is 0.000000183. The van der Waals surface area contributed by atoms with Crippen LogP contribution in [0.4, 0.5) is 0 Å². The first-order chi connectivity index (χ1) is 5.41. The number of nitrogens with one attached hydrogen (secondary N) is 1. The maximum Gasteiger partial charge on any atom is 0.293 e. The van der Waals surface area contributed by atoms with E-state index in [2.05, 4.69) is 10.1 Å². The molecule has 3 heteroatoms. The van der Waals surface area contributed by atoms with Crippen LogP contribution in [0.15, 0.2) is 0 Å². The van der Waals surface area contributed by atoms with Crippen LogP contribution >= 0.6 is 0 Å². The molecule has 0 amide bonds. The van der Waals surface area contributed by atoms with Gasteiger partial charge in [-0.3, -0.25) is 4.79 Å². The molecule has 0 spiro atoms. The Morgan fingerprint density at radius 2 is 2.09 bits per heavy atom. The molecule has 1 aliphatic rings. The summed E-state index contributed by atoms with van der Waals surface area (Å²) in [5.41, 5.74) is 0. The molecule has 66 valence electrons. The van der Waals surface area contributed by atoms with Gasteiger partial charge in [0.1, 0.15) is 0 Å². The minimum Gasteiger partial charge on any atom is -0.468 e. The highest BCUT2D eigenvalue weighted by Gasteiger charge is 1.93. The van der Waals surface area contributed by atoms with Crippen molar-refractivity contribution in [3.05, 3.63) is 0 Å². The third kappa shape index (κ3) is 9.43. The normalized spacial score (nSPS) is 15.0. The average Bonchev–Trinajstić information content (AvgIpc) is 2.57. The zero-order valence-electron chi connectivity index (χ0n) is 7.14. The van der Waals surface area contributed by atoms with Gasteiger partial charge in [0.15, 0.2) is 0 Å². The first-order valence-electron chi connectivity index (χ1n) is 4.17. The number of hydrogen-bond acceptors (Lipinski definition) is 3. The van der Waals surface area contributed by atoms with E-state index >= 15 is 0 Å². The molecule has 0 aromatic rings. The molecule has 0 bridgehead atoms. The highest BCUT2D eigenvalue weighted by molar-refractivity contribution is 5.36. The summed E-state index contributed by atoms with van der Waals surface area (Å²) < 4.78 is 4.30. The van der Waals surface area contributed by atoms with E-state index in [4.69, 9.17) is 0 Å². The van der Waals surface area contributed by atoms with Crippen LogP contribution < -0.4 is 5.32 Å². The molecule has 3 nitrogen and oxygen atoms in total. The maximum atomic E-state index is 9.34. The molecule has 11 heavy (non-hydrogen) atoms. The number of carbonyl (C=O) groups is 1. The third-order valence-corrected chi connectivity index (χ3v) is 1.35. The van der Waals surface area contributed by atoms with Gasteiger partial charge in [-0.2, -0.15) is 0 Å². The summed E-state index contributed by atoms with van der Waals surface area (Å²) in [7, 11) is 0. The lowest BCUT2D eigenvalue weighted by Crippen LogP contribution is -2.03. The number of carbonyl (C=O) groups excluding carboxylic acids is 1. The van der Waals surface area contributed by atoms with Gasteiger partial charge in [-0.15, -0.1) is 0 Å². The molecule has 1 aliphatic heterocycles. The lowest BCUT2D eigenvalue weighted by atomic mass is 10.4. The van der Waals surface area contributed by atoms with Crippen LogP contribution in [-0.4, -0.2) is 26.2 Å². The fraction of sp³-hybridized carbons (Fsp3) is 0.875. The van der Waals surface area contributed by atoms with Crippen molar-refractivity contribution in [3.63, 3.8) is 0 Å². The van der Waals surface area contributed by atoms with Gasteiger partial charge in [0, 0.05) is 0 Å². The summed E-state index contributed by atoms with van der Waals surface area (Å²) in [6.45, 7) is 5.45. The molecule has 1 heterocycles. The largest absolute Gasteiger partial charge is 0.468 e. The van der Waals surface area contributed by atoms with Crippen molar-refractivity contribution in [2.75, 3.05) is 19.7 Å².